The molecule has 3 aromatic carbocycles. The lowest BCUT2D eigenvalue weighted by atomic mass is 9.95. The van der Waals surface area contributed by atoms with Gasteiger partial charge in [-0.25, -0.2) is 0 Å². The monoisotopic (exact) mass is 653 g/mol. The molecule has 5 rings (SSSR count). The molecule has 0 aliphatic carbocycles. The molecule has 1 aliphatic heterocycles. The second-order valence-corrected chi connectivity index (χ2v) is 13.1. The highest BCUT2D eigenvalue weighted by Crippen LogP contribution is 2.44. The summed E-state index contributed by atoms with van der Waals surface area (Å²) in [6, 6.07) is 18.8. The maximum absolute atomic E-state index is 13.6. The van der Waals surface area contributed by atoms with Crippen molar-refractivity contribution in [3.8, 4) is 5.75 Å². The Hall–Kier alpha value is -3.37. The van der Waals surface area contributed by atoms with Crippen LogP contribution in [-0.4, -0.2) is 33.6 Å². The molecule has 11 heteroatoms. The number of halogens is 2. The van der Waals surface area contributed by atoms with E-state index in [4.69, 9.17) is 27.9 Å². The van der Waals surface area contributed by atoms with E-state index in [1.165, 1.54) is 28.0 Å². The number of ketones is 1. The number of anilines is 1. The molecule has 1 amide bonds. The van der Waals surface area contributed by atoms with Crippen LogP contribution in [0.5, 0.6) is 5.75 Å². The summed E-state index contributed by atoms with van der Waals surface area (Å²) in [5, 5.41) is 21.3. The smallest absolute Gasteiger partial charge is 0.301 e. The number of hydrogen-bond acceptors (Lipinski definition) is 8. The number of benzene rings is 3. The van der Waals surface area contributed by atoms with Gasteiger partial charge in [0.1, 0.15) is 11.5 Å². The van der Waals surface area contributed by atoms with Crippen LogP contribution in [0.1, 0.15) is 54.5 Å². The molecular formula is C32H29Cl2N3O4S2. The van der Waals surface area contributed by atoms with Gasteiger partial charge in [0.05, 0.1) is 18.2 Å². The number of rotatable bonds is 11. The Kier molecular flexibility index (Phi) is 10.1. The third-order valence-electron chi connectivity index (χ3n) is 6.93. The van der Waals surface area contributed by atoms with Crippen molar-refractivity contribution < 1.29 is 19.4 Å². The molecule has 7 nitrogen and oxygen atoms in total. The van der Waals surface area contributed by atoms with Crippen LogP contribution in [0.4, 0.5) is 5.13 Å². The summed E-state index contributed by atoms with van der Waals surface area (Å²) in [6.07, 6.45) is 3.04. The number of thioether (sulfide) groups is 1. The zero-order valence-corrected chi connectivity index (χ0v) is 26.7. The number of nitrogens with zero attached hydrogens (tertiary/aromatic N) is 3. The van der Waals surface area contributed by atoms with Crippen LogP contribution in [-0.2, 0) is 15.3 Å². The molecule has 1 N–H and O–H groups in total. The standard InChI is InChI=1S/C32H29Cl2N3O4S2/c1-3-4-5-15-41-24-8-6-7-21(16-24)27-26(28(38)20-11-9-19(2)10-12-20)29(39)30(40)37(27)31-35-36-32(43-31)42-18-22-13-14-23(33)17-25(22)34/h6-14,16-17,27,38H,3-5,15,18H2,1-2H3. The first-order valence-corrected chi connectivity index (χ1v) is 16.3. The van der Waals surface area contributed by atoms with Gasteiger partial charge < -0.3 is 9.84 Å². The molecule has 1 atom stereocenters. The van der Waals surface area contributed by atoms with Gasteiger partial charge in [-0.05, 0) is 48.7 Å². The minimum Gasteiger partial charge on any atom is -0.507 e. The van der Waals surface area contributed by atoms with Crippen molar-refractivity contribution in [1.82, 2.24) is 10.2 Å². The van der Waals surface area contributed by atoms with E-state index in [2.05, 4.69) is 17.1 Å². The van der Waals surface area contributed by atoms with Crippen LogP contribution >= 0.6 is 46.3 Å². The number of carbonyl (C=O) groups is 2. The normalized spacial score (nSPS) is 16.2. The highest BCUT2D eigenvalue weighted by atomic mass is 35.5. The van der Waals surface area contributed by atoms with Crippen LogP contribution in [0.25, 0.3) is 5.76 Å². The number of unbranched alkanes of at least 4 members (excludes halogenated alkanes) is 2. The summed E-state index contributed by atoms with van der Waals surface area (Å²) in [6.45, 7) is 4.61. The van der Waals surface area contributed by atoms with E-state index in [9.17, 15) is 14.7 Å². The van der Waals surface area contributed by atoms with Crippen molar-refractivity contribution in [2.24, 2.45) is 0 Å². The number of aliphatic hydroxyl groups is 1. The lowest BCUT2D eigenvalue weighted by Gasteiger charge is -2.23. The Bertz CT molecular complexity index is 1670. The van der Waals surface area contributed by atoms with E-state index in [0.717, 1.165) is 30.4 Å². The van der Waals surface area contributed by atoms with Gasteiger partial charge in [0.15, 0.2) is 4.34 Å². The van der Waals surface area contributed by atoms with E-state index in [0.29, 0.717) is 43.6 Å². The highest BCUT2D eigenvalue weighted by Gasteiger charge is 2.48. The van der Waals surface area contributed by atoms with Gasteiger partial charge in [0.2, 0.25) is 5.13 Å². The maximum atomic E-state index is 13.6. The van der Waals surface area contributed by atoms with Gasteiger partial charge >= 0.3 is 5.91 Å². The fraction of sp³-hybridized carbons (Fsp3) is 0.250. The lowest BCUT2D eigenvalue weighted by Crippen LogP contribution is -2.29. The highest BCUT2D eigenvalue weighted by molar-refractivity contribution is 8.00. The Morgan fingerprint density at radius 2 is 1.84 bits per heavy atom. The first-order valence-electron chi connectivity index (χ1n) is 13.8. The molecule has 1 aromatic heterocycles. The predicted molar refractivity (Wildman–Crippen MR) is 173 cm³/mol. The molecule has 4 aromatic rings. The van der Waals surface area contributed by atoms with Crippen molar-refractivity contribution in [3.05, 3.63) is 105 Å². The number of aromatic nitrogens is 2. The van der Waals surface area contributed by atoms with Gasteiger partial charge in [-0.15, -0.1) is 10.2 Å². The van der Waals surface area contributed by atoms with Gasteiger partial charge in [0, 0.05) is 21.4 Å². The molecule has 43 heavy (non-hydrogen) atoms. The molecule has 222 valence electrons. The maximum Gasteiger partial charge on any atom is 0.301 e. The molecule has 0 spiro atoms. The summed E-state index contributed by atoms with van der Waals surface area (Å²) >= 11 is 14.9. The first kappa shape index (κ1) is 31.1. The third-order valence-corrected chi connectivity index (χ3v) is 9.62. The van der Waals surface area contributed by atoms with E-state index in [1.807, 2.05) is 43.3 Å². The van der Waals surface area contributed by atoms with Gasteiger partial charge in [-0.2, -0.15) is 0 Å². The number of aliphatic hydroxyl groups excluding tert-OH is 1. The Balaban J connectivity index is 1.51. The van der Waals surface area contributed by atoms with Crippen molar-refractivity contribution in [2.75, 3.05) is 11.5 Å². The topological polar surface area (TPSA) is 92.6 Å². The van der Waals surface area contributed by atoms with Crippen LogP contribution in [0, 0.1) is 6.92 Å². The number of Topliss-reactive ketones (excluding diaryl/α,β-unsaturated/α-hetero) is 1. The molecule has 0 saturated carbocycles. The largest absolute Gasteiger partial charge is 0.507 e. The Labute approximate surface area is 268 Å². The minimum absolute atomic E-state index is 0.0191. The van der Waals surface area contributed by atoms with Crippen LogP contribution in [0.15, 0.2) is 76.6 Å². The molecule has 1 saturated heterocycles. The predicted octanol–water partition coefficient (Wildman–Crippen LogP) is 8.64. The van der Waals surface area contributed by atoms with E-state index in [1.54, 1.807) is 30.3 Å². The quantitative estimate of drug-likeness (QED) is 0.0432. The number of carbonyl (C=O) groups excluding carboxylic acids is 2. The fourth-order valence-electron chi connectivity index (χ4n) is 4.67. The Morgan fingerprint density at radius 1 is 1.05 bits per heavy atom. The van der Waals surface area contributed by atoms with Crippen LogP contribution in [0.3, 0.4) is 0 Å². The molecular weight excluding hydrogens is 625 g/mol. The summed E-state index contributed by atoms with van der Waals surface area (Å²) < 4.78 is 6.57. The molecule has 2 heterocycles. The zero-order valence-electron chi connectivity index (χ0n) is 23.5. The average molecular weight is 655 g/mol. The van der Waals surface area contributed by atoms with Crippen LogP contribution < -0.4 is 9.64 Å². The van der Waals surface area contributed by atoms with E-state index < -0.39 is 17.7 Å². The van der Waals surface area contributed by atoms with Crippen molar-refractivity contribution in [2.45, 2.75) is 49.2 Å². The van der Waals surface area contributed by atoms with Crippen LogP contribution in [0.2, 0.25) is 10.0 Å². The van der Waals surface area contributed by atoms with Gasteiger partial charge in [-0.1, -0.05) is 114 Å². The average Bonchev–Trinajstić information content (AvgIpc) is 3.57. The molecule has 1 aliphatic rings. The number of amides is 1. The number of ether oxygens (including phenoxy) is 1. The number of aryl methyl sites for hydroxylation is 1. The molecule has 0 bridgehead atoms. The second-order valence-electron chi connectivity index (χ2n) is 10.0. The summed E-state index contributed by atoms with van der Waals surface area (Å²) in [5.74, 6) is -0.715. The fourth-order valence-corrected chi connectivity index (χ4v) is 7.09. The minimum atomic E-state index is -0.933. The Morgan fingerprint density at radius 3 is 2.58 bits per heavy atom. The van der Waals surface area contributed by atoms with Crippen molar-refractivity contribution in [1.29, 1.82) is 0 Å². The molecule has 1 fully saturated rings. The van der Waals surface area contributed by atoms with Crippen molar-refractivity contribution >= 4 is 68.9 Å². The molecule has 1 unspecified atom stereocenters. The zero-order chi connectivity index (χ0) is 30.5. The summed E-state index contributed by atoms with van der Waals surface area (Å²) in [7, 11) is 0. The van der Waals surface area contributed by atoms with E-state index in [-0.39, 0.29) is 16.5 Å². The first-order chi connectivity index (χ1) is 20.8. The molecule has 0 radical (unpaired) electrons. The number of hydrogen-bond donors (Lipinski definition) is 1. The van der Waals surface area contributed by atoms with Gasteiger partial charge in [-0.3, -0.25) is 14.5 Å². The van der Waals surface area contributed by atoms with Gasteiger partial charge in [0.25, 0.3) is 5.78 Å². The summed E-state index contributed by atoms with van der Waals surface area (Å²) in [5.41, 5.74) is 2.91. The SMILES string of the molecule is CCCCCOc1cccc(C2C(=C(O)c3ccc(C)cc3)C(=O)C(=O)N2c2nnc(SCc3ccc(Cl)cc3Cl)s2)c1. The summed E-state index contributed by atoms with van der Waals surface area (Å²) in [4.78, 5) is 28.5. The van der Waals surface area contributed by atoms with Crippen molar-refractivity contribution in [3.63, 3.8) is 0 Å². The lowest BCUT2D eigenvalue weighted by molar-refractivity contribution is -0.132. The van der Waals surface area contributed by atoms with E-state index >= 15 is 0 Å². The second kappa shape index (κ2) is 13.9. The third kappa shape index (κ3) is 7.07.